The summed E-state index contributed by atoms with van der Waals surface area (Å²) in [6, 6.07) is 16.7. The van der Waals surface area contributed by atoms with Gasteiger partial charge in [0.2, 0.25) is 0 Å². The molecule has 2 aromatic rings. The number of benzene rings is 2. The summed E-state index contributed by atoms with van der Waals surface area (Å²) in [5.74, 6) is 0. The molecule has 3 nitrogen and oxygen atoms in total. The number of aliphatic hydroxyl groups is 1. The lowest BCUT2D eigenvalue weighted by atomic mass is 10.0. The molecule has 29 heavy (non-hydrogen) atoms. The summed E-state index contributed by atoms with van der Waals surface area (Å²) >= 11 is 6.00. The lowest BCUT2D eigenvalue weighted by Gasteiger charge is -2.18. The van der Waals surface area contributed by atoms with Gasteiger partial charge in [-0.25, -0.2) is 0 Å². The zero-order chi connectivity index (χ0) is 20.2. The van der Waals surface area contributed by atoms with Gasteiger partial charge in [0, 0.05) is 17.6 Å². The highest BCUT2D eigenvalue weighted by atomic mass is 35.5. The van der Waals surface area contributed by atoms with E-state index in [4.69, 9.17) is 11.6 Å². The number of hydrogen-bond acceptors (Lipinski definition) is 3. The Morgan fingerprint density at radius 2 is 1.66 bits per heavy atom. The SMILES string of the molecule is CNCCCCCCc1ccc(CC(C)NCC(O)c2cccc(Cl)c2)cc1.Cl. The lowest BCUT2D eigenvalue weighted by molar-refractivity contribution is 0.170. The summed E-state index contributed by atoms with van der Waals surface area (Å²) in [5, 5.41) is 17.6. The number of halogens is 2. The summed E-state index contributed by atoms with van der Waals surface area (Å²) in [6.07, 6.45) is 6.72. The number of rotatable bonds is 13. The average Bonchev–Trinajstić information content (AvgIpc) is 2.70. The molecule has 0 bridgehead atoms. The Labute approximate surface area is 187 Å². The molecule has 0 saturated carbocycles. The third-order valence-corrected chi connectivity index (χ3v) is 5.34. The Kier molecular flexibility index (Phi) is 13.2. The molecular formula is C24H36Cl2N2O. The van der Waals surface area contributed by atoms with Crippen LogP contribution in [0.25, 0.3) is 0 Å². The van der Waals surface area contributed by atoms with Gasteiger partial charge in [0.05, 0.1) is 6.10 Å². The van der Waals surface area contributed by atoms with Gasteiger partial charge in [0.25, 0.3) is 0 Å². The number of unbranched alkanes of at least 4 members (excludes halogenated alkanes) is 3. The Hall–Kier alpha value is -1.10. The van der Waals surface area contributed by atoms with Gasteiger partial charge in [-0.15, -0.1) is 12.4 Å². The van der Waals surface area contributed by atoms with Crippen molar-refractivity contribution in [2.45, 2.75) is 57.6 Å². The molecule has 2 atom stereocenters. The lowest BCUT2D eigenvalue weighted by Crippen LogP contribution is -2.32. The van der Waals surface area contributed by atoms with E-state index in [2.05, 4.69) is 41.8 Å². The van der Waals surface area contributed by atoms with Crippen molar-refractivity contribution in [2.75, 3.05) is 20.1 Å². The van der Waals surface area contributed by atoms with Crippen LogP contribution < -0.4 is 10.6 Å². The maximum absolute atomic E-state index is 10.3. The fraction of sp³-hybridized carbons (Fsp3) is 0.500. The normalized spacial score (nSPS) is 13.0. The fourth-order valence-electron chi connectivity index (χ4n) is 3.40. The van der Waals surface area contributed by atoms with Gasteiger partial charge in [0.15, 0.2) is 0 Å². The molecule has 0 aromatic heterocycles. The third kappa shape index (κ3) is 10.5. The van der Waals surface area contributed by atoms with Crippen LogP contribution in [0.4, 0.5) is 0 Å². The average molecular weight is 439 g/mol. The molecule has 3 N–H and O–H groups in total. The van der Waals surface area contributed by atoms with E-state index in [0.29, 0.717) is 17.6 Å². The Bertz CT molecular complexity index is 679. The van der Waals surface area contributed by atoms with E-state index >= 15 is 0 Å². The van der Waals surface area contributed by atoms with Gasteiger partial charge in [-0.3, -0.25) is 0 Å². The number of aliphatic hydroxyl groups excluding tert-OH is 1. The van der Waals surface area contributed by atoms with Crippen LogP contribution in [0.5, 0.6) is 0 Å². The molecule has 0 spiro atoms. The van der Waals surface area contributed by atoms with Gasteiger partial charge >= 0.3 is 0 Å². The molecule has 0 aliphatic rings. The molecule has 0 saturated heterocycles. The van der Waals surface area contributed by atoms with Crippen LogP contribution in [-0.4, -0.2) is 31.3 Å². The predicted octanol–water partition coefficient (Wildman–Crippen LogP) is 5.34. The van der Waals surface area contributed by atoms with Crippen LogP contribution in [0, 0.1) is 0 Å². The van der Waals surface area contributed by atoms with Gasteiger partial charge in [-0.1, -0.05) is 60.8 Å². The van der Waals surface area contributed by atoms with Crippen LogP contribution in [0.15, 0.2) is 48.5 Å². The molecular weight excluding hydrogens is 403 g/mol. The number of aryl methyl sites for hydroxylation is 1. The minimum Gasteiger partial charge on any atom is -0.387 e. The van der Waals surface area contributed by atoms with Crippen LogP contribution in [0.3, 0.4) is 0 Å². The van der Waals surface area contributed by atoms with Gasteiger partial charge < -0.3 is 15.7 Å². The van der Waals surface area contributed by atoms with Crippen molar-refractivity contribution in [1.82, 2.24) is 10.6 Å². The van der Waals surface area contributed by atoms with Crippen molar-refractivity contribution >= 4 is 24.0 Å². The van der Waals surface area contributed by atoms with E-state index in [-0.39, 0.29) is 12.4 Å². The molecule has 5 heteroatoms. The maximum Gasteiger partial charge on any atom is 0.0914 e. The molecule has 2 unspecified atom stereocenters. The monoisotopic (exact) mass is 438 g/mol. The summed E-state index contributed by atoms with van der Waals surface area (Å²) in [7, 11) is 2.01. The van der Waals surface area contributed by atoms with E-state index in [0.717, 1.165) is 18.5 Å². The smallest absolute Gasteiger partial charge is 0.0914 e. The van der Waals surface area contributed by atoms with Crippen molar-refractivity contribution in [3.8, 4) is 0 Å². The fourth-order valence-corrected chi connectivity index (χ4v) is 3.60. The van der Waals surface area contributed by atoms with E-state index in [1.165, 1.54) is 43.2 Å². The van der Waals surface area contributed by atoms with Crippen LogP contribution in [0.2, 0.25) is 5.02 Å². The summed E-state index contributed by atoms with van der Waals surface area (Å²) in [5.41, 5.74) is 3.60. The molecule has 2 aromatic carbocycles. The molecule has 0 fully saturated rings. The van der Waals surface area contributed by atoms with Crippen molar-refractivity contribution in [1.29, 1.82) is 0 Å². The summed E-state index contributed by atoms with van der Waals surface area (Å²) in [4.78, 5) is 0. The Morgan fingerprint density at radius 3 is 2.34 bits per heavy atom. The summed E-state index contributed by atoms with van der Waals surface area (Å²) < 4.78 is 0. The highest BCUT2D eigenvalue weighted by molar-refractivity contribution is 6.30. The number of nitrogens with one attached hydrogen (secondary N) is 2. The van der Waals surface area contributed by atoms with Crippen LogP contribution in [-0.2, 0) is 12.8 Å². The number of hydrogen-bond donors (Lipinski definition) is 3. The molecule has 2 rings (SSSR count). The first kappa shape index (κ1) is 25.9. The molecule has 0 amide bonds. The minimum absolute atomic E-state index is 0. The maximum atomic E-state index is 10.3. The van der Waals surface area contributed by atoms with Crippen molar-refractivity contribution in [3.63, 3.8) is 0 Å². The highest BCUT2D eigenvalue weighted by Crippen LogP contribution is 2.17. The van der Waals surface area contributed by atoms with Gasteiger partial charge in [-0.2, -0.15) is 0 Å². The molecule has 0 radical (unpaired) electrons. The van der Waals surface area contributed by atoms with E-state index in [1.54, 1.807) is 0 Å². The Morgan fingerprint density at radius 1 is 0.966 bits per heavy atom. The Balaban J connectivity index is 0.00000420. The van der Waals surface area contributed by atoms with E-state index in [1.807, 2.05) is 31.3 Å². The van der Waals surface area contributed by atoms with Gasteiger partial charge in [-0.05, 0) is 75.0 Å². The van der Waals surface area contributed by atoms with Crippen LogP contribution in [0.1, 0.15) is 55.4 Å². The first-order valence-corrected chi connectivity index (χ1v) is 10.9. The largest absolute Gasteiger partial charge is 0.387 e. The van der Waals surface area contributed by atoms with Crippen LogP contribution >= 0.6 is 24.0 Å². The molecule has 0 aliphatic heterocycles. The van der Waals surface area contributed by atoms with Crippen molar-refractivity contribution in [2.24, 2.45) is 0 Å². The molecule has 0 heterocycles. The van der Waals surface area contributed by atoms with Crippen molar-refractivity contribution in [3.05, 3.63) is 70.2 Å². The highest BCUT2D eigenvalue weighted by Gasteiger charge is 2.10. The predicted molar refractivity (Wildman–Crippen MR) is 127 cm³/mol. The van der Waals surface area contributed by atoms with Gasteiger partial charge in [0.1, 0.15) is 0 Å². The van der Waals surface area contributed by atoms with E-state index in [9.17, 15) is 5.11 Å². The zero-order valence-corrected chi connectivity index (χ0v) is 19.2. The third-order valence-electron chi connectivity index (χ3n) is 5.10. The second-order valence-electron chi connectivity index (χ2n) is 7.67. The quantitative estimate of drug-likeness (QED) is 0.369. The zero-order valence-electron chi connectivity index (χ0n) is 17.7. The van der Waals surface area contributed by atoms with Crippen molar-refractivity contribution < 1.29 is 5.11 Å². The molecule has 0 aliphatic carbocycles. The first-order chi connectivity index (χ1) is 13.6. The standard InChI is InChI=1S/C24H35ClN2O.ClH/c1-19(27-18-24(28)22-9-7-10-23(25)17-22)16-21-13-11-20(12-14-21)8-5-3-4-6-15-26-2;/h7,9-14,17,19,24,26-28H,3-6,8,15-16,18H2,1-2H3;1H. The second-order valence-corrected chi connectivity index (χ2v) is 8.10. The summed E-state index contributed by atoms with van der Waals surface area (Å²) in [6.45, 7) is 3.80. The second kappa shape index (κ2) is 14.8. The molecule has 162 valence electrons. The van der Waals surface area contributed by atoms with E-state index < -0.39 is 6.10 Å². The minimum atomic E-state index is -0.545. The first-order valence-electron chi connectivity index (χ1n) is 10.5. The topological polar surface area (TPSA) is 44.3 Å².